The number of rotatable bonds is 5. The Labute approximate surface area is 119 Å². The molecule has 0 aliphatic heterocycles. The number of hydrogen-bond donors (Lipinski definition) is 4. The molecule has 0 heterocycles. The molecule has 0 saturated heterocycles. The molecule has 6 nitrogen and oxygen atoms in total. The maximum Gasteiger partial charge on any atom is 0.326 e. The molecule has 4 N–H and O–H groups in total. The van der Waals surface area contributed by atoms with E-state index < -0.39 is 24.1 Å². The Morgan fingerprint density at radius 1 is 1.20 bits per heavy atom. The van der Waals surface area contributed by atoms with E-state index in [1.807, 2.05) is 13.8 Å². The van der Waals surface area contributed by atoms with Gasteiger partial charge < -0.3 is 20.8 Å². The molecular weight excluding hydrogens is 260 g/mol. The second-order valence-electron chi connectivity index (χ2n) is 5.95. The Morgan fingerprint density at radius 3 is 2.45 bits per heavy atom. The van der Waals surface area contributed by atoms with Crippen molar-refractivity contribution in [3.8, 4) is 0 Å². The van der Waals surface area contributed by atoms with Gasteiger partial charge in [-0.1, -0.05) is 33.1 Å². The first-order valence-electron chi connectivity index (χ1n) is 7.38. The lowest BCUT2D eigenvalue weighted by molar-refractivity contribution is -0.139. The summed E-state index contributed by atoms with van der Waals surface area (Å²) in [6, 6.07) is -1.69. The van der Waals surface area contributed by atoms with Crippen LogP contribution in [-0.2, 0) is 4.79 Å². The number of aliphatic carboxylic acids is 1. The summed E-state index contributed by atoms with van der Waals surface area (Å²) in [6.07, 6.45) is 4.24. The van der Waals surface area contributed by atoms with Gasteiger partial charge in [-0.25, -0.2) is 9.59 Å². The van der Waals surface area contributed by atoms with Crippen molar-refractivity contribution in [2.24, 2.45) is 5.92 Å². The number of aliphatic hydroxyl groups is 1. The molecule has 0 bridgehead atoms. The van der Waals surface area contributed by atoms with Gasteiger partial charge in [0.1, 0.15) is 6.04 Å². The normalized spacial score (nSPS) is 24.8. The van der Waals surface area contributed by atoms with E-state index >= 15 is 0 Å². The lowest BCUT2D eigenvalue weighted by Crippen LogP contribution is -2.52. The van der Waals surface area contributed by atoms with Crippen LogP contribution in [-0.4, -0.2) is 40.4 Å². The monoisotopic (exact) mass is 286 g/mol. The standard InChI is InChI=1S/C14H26N2O4/c1-9(2)8-11(13(18)19)16-14(20)15-10-6-4-3-5-7-12(10)17/h9-12,17H,3-8H2,1-2H3,(H,18,19)(H2,15,16,20)/t10?,11-,12?/m1/s1. The van der Waals surface area contributed by atoms with Crippen molar-refractivity contribution < 1.29 is 19.8 Å². The number of carbonyl (C=O) groups excluding carboxylic acids is 1. The Hall–Kier alpha value is -1.30. The molecular formula is C14H26N2O4. The molecule has 20 heavy (non-hydrogen) atoms. The van der Waals surface area contributed by atoms with Gasteiger partial charge in [0.25, 0.3) is 0 Å². The quantitative estimate of drug-likeness (QED) is 0.575. The van der Waals surface area contributed by atoms with Crippen molar-refractivity contribution in [3.63, 3.8) is 0 Å². The molecule has 0 spiro atoms. The van der Waals surface area contributed by atoms with E-state index in [1.165, 1.54) is 0 Å². The van der Waals surface area contributed by atoms with E-state index in [1.54, 1.807) is 0 Å². The van der Waals surface area contributed by atoms with E-state index in [9.17, 15) is 14.7 Å². The fourth-order valence-electron chi connectivity index (χ4n) is 2.52. The summed E-state index contributed by atoms with van der Waals surface area (Å²) >= 11 is 0. The summed E-state index contributed by atoms with van der Waals surface area (Å²) in [5.41, 5.74) is 0. The molecule has 1 saturated carbocycles. The van der Waals surface area contributed by atoms with Gasteiger partial charge in [-0.3, -0.25) is 0 Å². The topological polar surface area (TPSA) is 98.7 Å². The molecule has 3 atom stereocenters. The highest BCUT2D eigenvalue weighted by atomic mass is 16.4. The van der Waals surface area contributed by atoms with Crippen LogP contribution in [0.4, 0.5) is 4.79 Å². The van der Waals surface area contributed by atoms with E-state index in [0.29, 0.717) is 12.8 Å². The molecule has 0 aromatic rings. The zero-order valence-corrected chi connectivity index (χ0v) is 12.3. The fourth-order valence-corrected chi connectivity index (χ4v) is 2.52. The maximum atomic E-state index is 11.9. The van der Waals surface area contributed by atoms with Gasteiger partial charge in [0.2, 0.25) is 0 Å². The van der Waals surface area contributed by atoms with Crippen molar-refractivity contribution in [2.75, 3.05) is 0 Å². The minimum atomic E-state index is -1.03. The summed E-state index contributed by atoms with van der Waals surface area (Å²) in [4.78, 5) is 23.0. The van der Waals surface area contributed by atoms with Crippen molar-refractivity contribution in [1.29, 1.82) is 0 Å². The molecule has 0 radical (unpaired) electrons. The van der Waals surface area contributed by atoms with Gasteiger partial charge >= 0.3 is 12.0 Å². The van der Waals surface area contributed by atoms with Crippen LogP contribution in [0.15, 0.2) is 0 Å². The minimum absolute atomic E-state index is 0.180. The number of hydrogen-bond acceptors (Lipinski definition) is 3. The Bertz CT molecular complexity index is 333. The third-order valence-electron chi connectivity index (χ3n) is 3.61. The molecule has 2 amide bonds. The summed E-state index contributed by atoms with van der Waals surface area (Å²) in [5.74, 6) is -0.852. The van der Waals surface area contributed by atoms with Crippen molar-refractivity contribution in [2.45, 2.75) is 70.6 Å². The highest BCUT2D eigenvalue weighted by Crippen LogP contribution is 2.18. The average Bonchev–Trinajstić information content (AvgIpc) is 2.53. The van der Waals surface area contributed by atoms with Gasteiger partial charge in [0.05, 0.1) is 12.1 Å². The minimum Gasteiger partial charge on any atom is -0.480 e. The summed E-state index contributed by atoms with van der Waals surface area (Å²) < 4.78 is 0. The van der Waals surface area contributed by atoms with E-state index in [4.69, 9.17) is 5.11 Å². The number of urea groups is 1. The maximum absolute atomic E-state index is 11.9. The molecule has 0 aromatic heterocycles. The number of carboxylic acids is 1. The van der Waals surface area contributed by atoms with Crippen molar-refractivity contribution in [3.05, 3.63) is 0 Å². The van der Waals surface area contributed by atoms with Crippen LogP contribution in [0.5, 0.6) is 0 Å². The van der Waals surface area contributed by atoms with Crippen LogP contribution in [0.2, 0.25) is 0 Å². The average molecular weight is 286 g/mol. The number of nitrogens with one attached hydrogen (secondary N) is 2. The van der Waals surface area contributed by atoms with Crippen LogP contribution in [0.25, 0.3) is 0 Å². The molecule has 2 unspecified atom stereocenters. The van der Waals surface area contributed by atoms with Gasteiger partial charge in [0.15, 0.2) is 0 Å². The molecule has 1 fully saturated rings. The van der Waals surface area contributed by atoms with Gasteiger partial charge in [0, 0.05) is 0 Å². The lowest BCUT2D eigenvalue weighted by atomic mass is 10.0. The molecule has 6 heteroatoms. The number of carboxylic acid groups (broad SMARTS) is 1. The van der Waals surface area contributed by atoms with Crippen LogP contribution < -0.4 is 10.6 Å². The predicted octanol–water partition coefficient (Wildman–Crippen LogP) is 1.48. The summed E-state index contributed by atoms with van der Waals surface area (Å²) in [6.45, 7) is 3.81. The largest absolute Gasteiger partial charge is 0.480 e. The first-order chi connectivity index (χ1) is 9.40. The van der Waals surface area contributed by atoms with Gasteiger partial charge in [-0.05, 0) is 25.2 Å². The van der Waals surface area contributed by atoms with E-state index in [2.05, 4.69) is 10.6 Å². The van der Waals surface area contributed by atoms with E-state index in [0.717, 1.165) is 25.7 Å². The van der Waals surface area contributed by atoms with Gasteiger partial charge in [-0.2, -0.15) is 0 Å². The summed E-state index contributed by atoms with van der Waals surface area (Å²) in [7, 11) is 0. The number of aliphatic hydroxyl groups excluding tert-OH is 1. The Morgan fingerprint density at radius 2 is 1.85 bits per heavy atom. The first-order valence-corrected chi connectivity index (χ1v) is 7.38. The van der Waals surface area contributed by atoms with Gasteiger partial charge in [-0.15, -0.1) is 0 Å². The van der Waals surface area contributed by atoms with Crippen LogP contribution in [0, 0.1) is 5.92 Å². The second-order valence-corrected chi connectivity index (χ2v) is 5.95. The molecule has 1 rings (SSSR count). The molecule has 116 valence electrons. The SMILES string of the molecule is CC(C)C[C@@H](NC(=O)NC1CCCCCC1O)C(=O)O. The smallest absolute Gasteiger partial charge is 0.326 e. The highest BCUT2D eigenvalue weighted by Gasteiger charge is 2.26. The molecule has 0 aromatic carbocycles. The lowest BCUT2D eigenvalue weighted by Gasteiger charge is -2.23. The highest BCUT2D eigenvalue weighted by molar-refractivity contribution is 5.82. The summed E-state index contributed by atoms with van der Waals surface area (Å²) in [5, 5.41) is 24.2. The van der Waals surface area contributed by atoms with E-state index in [-0.39, 0.29) is 12.0 Å². The van der Waals surface area contributed by atoms with Crippen molar-refractivity contribution >= 4 is 12.0 Å². The number of amides is 2. The van der Waals surface area contributed by atoms with Crippen molar-refractivity contribution in [1.82, 2.24) is 10.6 Å². The molecule has 1 aliphatic rings. The Kier molecular flexibility index (Phi) is 6.78. The fraction of sp³-hybridized carbons (Fsp3) is 0.857. The first kappa shape index (κ1) is 16.8. The zero-order chi connectivity index (χ0) is 15.1. The van der Waals surface area contributed by atoms with Crippen LogP contribution >= 0.6 is 0 Å². The Balaban J connectivity index is 2.49. The zero-order valence-electron chi connectivity index (χ0n) is 12.3. The second kappa shape index (κ2) is 8.09. The van der Waals surface area contributed by atoms with Crippen LogP contribution in [0.3, 0.4) is 0 Å². The predicted molar refractivity (Wildman–Crippen MR) is 75.4 cm³/mol. The third kappa shape index (κ3) is 5.77. The number of carbonyl (C=O) groups is 2. The third-order valence-corrected chi connectivity index (χ3v) is 3.61. The van der Waals surface area contributed by atoms with Crippen LogP contribution in [0.1, 0.15) is 52.4 Å². The molecule has 1 aliphatic carbocycles.